The fourth-order valence-corrected chi connectivity index (χ4v) is 5.11. The van der Waals surface area contributed by atoms with Gasteiger partial charge in [0.2, 0.25) is 5.95 Å². The van der Waals surface area contributed by atoms with Gasteiger partial charge in [-0.2, -0.15) is 4.98 Å². The van der Waals surface area contributed by atoms with Crippen LogP contribution in [-0.2, 0) is 13.1 Å². The van der Waals surface area contributed by atoms with Crippen molar-refractivity contribution in [3.63, 3.8) is 0 Å². The number of rotatable bonds is 8. The number of anilines is 2. The number of nitrogens with zero attached hydrogens (tertiary/aromatic N) is 4. The van der Waals surface area contributed by atoms with Crippen molar-refractivity contribution < 1.29 is 0 Å². The highest BCUT2D eigenvalue weighted by Crippen LogP contribution is 2.23. The molecule has 3 fully saturated rings. The van der Waals surface area contributed by atoms with Crippen LogP contribution in [0.4, 0.5) is 11.8 Å². The standard InChI is InChI=1S/C25H33N7O/c1-3-4-16(2)27-23-22-21(29-25(26)30-23)9-10-32(24(22)33)13-18-7-5-17(6-8-18)12-31-14-19-11-20(15-31)28-19/h5-10,16,19-20,28H,3-4,11-15H2,1-2H3,(H3,26,27,29,30)/t16-,19?,20?/m1/s1. The number of pyridine rings is 1. The van der Waals surface area contributed by atoms with Gasteiger partial charge in [-0.05, 0) is 37.0 Å². The van der Waals surface area contributed by atoms with E-state index in [0.29, 0.717) is 35.3 Å². The molecule has 0 aliphatic carbocycles. The number of nitrogens with two attached hydrogens (primary N) is 1. The summed E-state index contributed by atoms with van der Waals surface area (Å²) in [7, 11) is 0. The van der Waals surface area contributed by atoms with Crippen LogP contribution in [0, 0.1) is 0 Å². The van der Waals surface area contributed by atoms with Crippen LogP contribution >= 0.6 is 0 Å². The molecule has 1 aromatic carbocycles. The zero-order chi connectivity index (χ0) is 22.9. The van der Waals surface area contributed by atoms with E-state index in [9.17, 15) is 4.79 Å². The highest BCUT2D eigenvalue weighted by Gasteiger charge is 2.36. The smallest absolute Gasteiger partial charge is 0.264 e. The van der Waals surface area contributed by atoms with Gasteiger partial charge in [0.25, 0.3) is 5.56 Å². The van der Waals surface area contributed by atoms with Gasteiger partial charge in [-0.15, -0.1) is 0 Å². The Hall–Kier alpha value is -2.97. The van der Waals surface area contributed by atoms with E-state index in [1.807, 2.05) is 6.07 Å². The Morgan fingerprint density at radius 1 is 1.12 bits per heavy atom. The van der Waals surface area contributed by atoms with Gasteiger partial charge in [0.15, 0.2) is 0 Å². The molecule has 8 heteroatoms. The number of aromatic nitrogens is 3. The average molecular weight is 448 g/mol. The highest BCUT2D eigenvalue weighted by molar-refractivity contribution is 5.89. The van der Waals surface area contributed by atoms with E-state index in [1.54, 1.807) is 10.8 Å². The number of piperazine rings is 1. The number of piperidine rings is 1. The zero-order valence-electron chi connectivity index (χ0n) is 19.4. The van der Waals surface area contributed by atoms with Gasteiger partial charge in [0, 0.05) is 44.0 Å². The minimum Gasteiger partial charge on any atom is -0.368 e. The molecule has 4 N–H and O–H groups in total. The van der Waals surface area contributed by atoms with Crippen molar-refractivity contribution in [2.24, 2.45) is 0 Å². The largest absolute Gasteiger partial charge is 0.368 e. The molecule has 3 aliphatic rings. The van der Waals surface area contributed by atoms with E-state index in [-0.39, 0.29) is 17.5 Å². The van der Waals surface area contributed by atoms with Crippen molar-refractivity contribution in [1.29, 1.82) is 0 Å². The number of nitrogen functional groups attached to an aromatic ring is 1. The normalized spacial score (nSPS) is 21.0. The maximum absolute atomic E-state index is 13.4. The molecule has 3 atom stereocenters. The van der Waals surface area contributed by atoms with Crippen LogP contribution in [-0.4, -0.2) is 50.7 Å². The predicted octanol–water partition coefficient (Wildman–Crippen LogP) is 2.57. The average Bonchev–Trinajstić information content (AvgIpc) is 2.76. The van der Waals surface area contributed by atoms with Gasteiger partial charge < -0.3 is 20.9 Å². The summed E-state index contributed by atoms with van der Waals surface area (Å²) in [5, 5.41) is 7.43. The third-order valence-corrected chi connectivity index (χ3v) is 6.73. The molecule has 2 unspecified atom stereocenters. The van der Waals surface area contributed by atoms with Crippen LogP contribution in [0.2, 0.25) is 0 Å². The minimum atomic E-state index is -0.109. The third kappa shape index (κ3) is 4.72. The summed E-state index contributed by atoms with van der Waals surface area (Å²) in [4.78, 5) is 24.5. The topological polar surface area (TPSA) is 101 Å². The molecule has 0 spiro atoms. The van der Waals surface area contributed by atoms with E-state index in [2.05, 4.69) is 63.6 Å². The van der Waals surface area contributed by atoms with Gasteiger partial charge in [-0.1, -0.05) is 37.6 Å². The Labute approximate surface area is 194 Å². The zero-order valence-corrected chi connectivity index (χ0v) is 19.4. The fraction of sp³-hybridized carbons (Fsp3) is 0.480. The van der Waals surface area contributed by atoms with Gasteiger partial charge >= 0.3 is 0 Å². The minimum absolute atomic E-state index is 0.109. The maximum atomic E-state index is 13.4. The van der Waals surface area contributed by atoms with Gasteiger partial charge in [-0.3, -0.25) is 9.69 Å². The molecule has 6 rings (SSSR count). The molecular weight excluding hydrogens is 414 g/mol. The van der Waals surface area contributed by atoms with Crippen molar-refractivity contribution in [3.8, 4) is 0 Å². The molecule has 0 radical (unpaired) electrons. The quantitative estimate of drug-likeness (QED) is 0.488. The molecule has 5 heterocycles. The third-order valence-electron chi connectivity index (χ3n) is 6.73. The number of fused-ring (bicyclic) bond motifs is 3. The van der Waals surface area contributed by atoms with E-state index < -0.39 is 0 Å². The summed E-state index contributed by atoms with van der Waals surface area (Å²) < 4.78 is 1.72. The molecule has 2 aromatic heterocycles. The first-order valence-electron chi connectivity index (χ1n) is 12.0. The van der Waals surface area contributed by atoms with Crippen LogP contribution in [0.15, 0.2) is 41.3 Å². The molecule has 3 aromatic rings. The first-order chi connectivity index (χ1) is 16.0. The number of nitrogens with one attached hydrogen (secondary N) is 2. The molecular formula is C25H33N7O. The molecule has 3 aliphatic heterocycles. The Kier molecular flexibility index (Phi) is 6.03. The van der Waals surface area contributed by atoms with Crippen molar-refractivity contribution in [1.82, 2.24) is 24.8 Å². The summed E-state index contributed by atoms with van der Waals surface area (Å²) in [5.41, 5.74) is 8.76. The molecule has 2 bridgehead atoms. The monoisotopic (exact) mass is 447 g/mol. The molecule has 0 amide bonds. The Balaban J connectivity index is 1.34. The lowest BCUT2D eigenvalue weighted by atomic mass is 9.91. The Bertz CT molecular complexity index is 1170. The van der Waals surface area contributed by atoms with E-state index in [4.69, 9.17) is 5.73 Å². The van der Waals surface area contributed by atoms with Crippen LogP contribution in [0.3, 0.4) is 0 Å². The lowest BCUT2D eigenvalue weighted by molar-refractivity contribution is 0.0726. The molecule has 0 saturated carbocycles. The first kappa shape index (κ1) is 21.9. The molecule has 33 heavy (non-hydrogen) atoms. The molecule has 3 saturated heterocycles. The van der Waals surface area contributed by atoms with Crippen LogP contribution < -0.4 is 21.9 Å². The van der Waals surface area contributed by atoms with E-state index in [0.717, 1.165) is 38.0 Å². The lowest BCUT2D eigenvalue weighted by Gasteiger charge is -2.48. The summed E-state index contributed by atoms with van der Waals surface area (Å²) >= 11 is 0. The highest BCUT2D eigenvalue weighted by atomic mass is 16.1. The number of hydrogen-bond acceptors (Lipinski definition) is 7. The van der Waals surface area contributed by atoms with Crippen LogP contribution in [0.1, 0.15) is 44.2 Å². The maximum Gasteiger partial charge on any atom is 0.264 e. The van der Waals surface area contributed by atoms with Gasteiger partial charge in [0.1, 0.15) is 11.2 Å². The summed E-state index contributed by atoms with van der Waals surface area (Å²) in [6.45, 7) is 7.96. The summed E-state index contributed by atoms with van der Waals surface area (Å²) in [6.07, 6.45) is 5.14. The second kappa shape index (κ2) is 9.11. The number of hydrogen-bond donors (Lipinski definition) is 3. The predicted molar refractivity (Wildman–Crippen MR) is 132 cm³/mol. The van der Waals surface area contributed by atoms with E-state index in [1.165, 1.54) is 12.0 Å². The Morgan fingerprint density at radius 3 is 2.45 bits per heavy atom. The van der Waals surface area contributed by atoms with Crippen LogP contribution in [0.5, 0.6) is 0 Å². The van der Waals surface area contributed by atoms with Crippen molar-refractivity contribution in [2.45, 2.75) is 64.3 Å². The van der Waals surface area contributed by atoms with Crippen molar-refractivity contribution >= 4 is 22.7 Å². The Morgan fingerprint density at radius 2 is 1.79 bits per heavy atom. The summed E-state index contributed by atoms with van der Waals surface area (Å²) in [5.74, 6) is 0.686. The first-order valence-corrected chi connectivity index (χ1v) is 12.0. The SMILES string of the molecule is CCC[C@@H](C)Nc1nc(N)nc2ccn(Cc3ccc(CN4CC5CC(C4)N5)cc3)c(=O)c12. The van der Waals surface area contributed by atoms with Gasteiger partial charge in [-0.25, -0.2) is 4.98 Å². The van der Waals surface area contributed by atoms with Gasteiger partial charge in [0.05, 0.1) is 12.1 Å². The fourth-order valence-electron chi connectivity index (χ4n) is 5.11. The van der Waals surface area contributed by atoms with Crippen LogP contribution in [0.25, 0.3) is 10.9 Å². The second-order valence-electron chi connectivity index (χ2n) is 9.58. The van der Waals surface area contributed by atoms with Crippen molar-refractivity contribution in [2.75, 3.05) is 24.1 Å². The molecule has 174 valence electrons. The lowest BCUT2D eigenvalue weighted by Crippen LogP contribution is -2.66. The number of benzene rings is 1. The van der Waals surface area contributed by atoms with Crippen molar-refractivity contribution in [3.05, 3.63) is 58.0 Å². The second-order valence-corrected chi connectivity index (χ2v) is 9.58. The summed E-state index contributed by atoms with van der Waals surface area (Å²) in [6, 6.07) is 12.0. The molecule has 8 nitrogen and oxygen atoms in total. The van der Waals surface area contributed by atoms with E-state index >= 15 is 0 Å².